The Kier molecular flexibility index (Phi) is 2.68. The third-order valence-corrected chi connectivity index (χ3v) is 1.56. The van der Waals surface area contributed by atoms with Gasteiger partial charge in [-0.15, -0.1) is 4.91 Å². The summed E-state index contributed by atoms with van der Waals surface area (Å²) in [5, 5.41) is 2.96. The predicted molar refractivity (Wildman–Crippen MR) is 42.9 cm³/mol. The van der Waals surface area contributed by atoms with Gasteiger partial charge in [0.15, 0.2) is 11.1 Å². The minimum Gasteiger partial charge on any atom is -0.322 e. The van der Waals surface area contributed by atoms with E-state index in [1.165, 1.54) is 12.1 Å². The molecule has 0 radical (unpaired) electrons. The fourth-order valence-electron chi connectivity index (χ4n) is 0.589. The van der Waals surface area contributed by atoms with Gasteiger partial charge in [-0.05, 0) is 18.2 Å². The van der Waals surface area contributed by atoms with Crippen molar-refractivity contribution in [2.75, 3.05) is 0 Å². The molecule has 1 aromatic carbocycles. The summed E-state index contributed by atoms with van der Waals surface area (Å²) < 4.78 is 0. The van der Waals surface area contributed by atoms with Gasteiger partial charge in [-0.2, -0.15) is 0 Å². The normalized spacial score (nSPS) is 9.27. The summed E-state index contributed by atoms with van der Waals surface area (Å²) in [4.78, 5) is 13.9. The lowest BCUT2D eigenvalue weighted by atomic mass is 10.3. The first kappa shape index (κ1) is 8.30. The smallest absolute Gasteiger partial charge is 0.180 e. The van der Waals surface area contributed by atoms with E-state index in [0.717, 1.165) is 0 Å². The van der Waals surface area contributed by atoms with E-state index < -0.39 is 0 Å². The van der Waals surface area contributed by atoms with Crippen LogP contribution in [0.25, 0.3) is 0 Å². The predicted octanol–water partition coefficient (Wildman–Crippen LogP) is 3.05. The zero-order valence-corrected chi connectivity index (χ0v) is 6.76. The molecule has 0 aliphatic rings. The fourth-order valence-corrected chi connectivity index (χ4v) is 1.03. The number of halogens is 2. The highest BCUT2D eigenvalue weighted by Crippen LogP contribution is 2.27. The molecule has 0 atom stereocenters. The first-order valence-electron chi connectivity index (χ1n) is 2.69. The molecule has 1 aromatic rings. The van der Waals surface area contributed by atoms with Crippen LogP contribution in [0.2, 0.25) is 10.0 Å². The number of hydrogen-bond donors (Lipinski definition) is 0. The summed E-state index contributed by atoms with van der Waals surface area (Å²) in [7, 11) is 0. The molecule has 0 fully saturated rings. The maximum Gasteiger partial charge on any atom is 0.180 e. The summed E-state index contributed by atoms with van der Waals surface area (Å²) in [6.07, 6.45) is 0. The fraction of sp³-hybridized carbons (Fsp3) is 0. The van der Waals surface area contributed by atoms with Gasteiger partial charge >= 0.3 is 0 Å². The maximum atomic E-state index is 9.65. The van der Waals surface area contributed by atoms with Crippen molar-refractivity contribution in [3.05, 3.63) is 33.2 Å². The average Bonchev–Trinajstić information content (AvgIpc) is 1.95. The summed E-state index contributed by atoms with van der Waals surface area (Å²) in [6.45, 7) is 0. The van der Waals surface area contributed by atoms with Crippen molar-refractivity contribution in [3.8, 4) is 5.75 Å². The minimum absolute atomic E-state index is 0.200. The van der Waals surface area contributed by atoms with Gasteiger partial charge in [-0.3, -0.25) is 0 Å². The molecule has 0 bridgehead atoms. The zero-order chi connectivity index (χ0) is 8.27. The third kappa shape index (κ3) is 2.06. The van der Waals surface area contributed by atoms with E-state index in [2.05, 4.69) is 10.2 Å². The first-order valence-corrected chi connectivity index (χ1v) is 3.44. The molecular weight excluding hydrogens is 189 g/mol. The van der Waals surface area contributed by atoms with Crippen molar-refractivity contribution in [1.82, 2.24) is 0 Å². The van der Waals surface area contributed by atoms with Gasteiger partial charge in [0.1, 0.15) is 0 Å². The molecule has 11 heavy (non-hydrogen) atoms. The highest BCUT2D eigenvalue weighted by molar-refractivity contribution is 6.35. The van der Waals surface area contributed by atoms with Gasteiger partial charge in [0.25, 0.3) is 0 Å². The van der Waals surface area contributed by atoms with Crippen LogP contribution in [-0.2, 0) is 0 Å². The summed E-state index contributed by atoms with van der Waals surface area (Å²) in [6, 6.07) is 4.48. The molecule has 5 heteroatoms. The summed E-state index contributed by atoms with van der Waals surface area (Å²) >= 11 is 11.2. The lowest BCUT2D eigenvalue weighted by Gasteiger charge is -1.97. The minimum atomic E-state index is 0.200. The van der Waals surface area contributed by atoms with Gasteiger partial charge < -0.3 is 4.84 Å². The Labute approximate surface area is 72.8 Å². The zero-order valence-electron chi connectivity index (χ0n) is 5.25. The Morgan fingerprint density at radius 3 is 2.64 bits per heavy atom. The molecule has 1 rings (SSSR count). The highest BCUT2D eigenvalue weighted by atomic mass is 35.5. The number of rotatable bonds is 2. The van der Waals surface area contributed by atoms with Crippen LogP contribution in [0.1, 0.15) is 0 Å². The molecule has 0 saturated carbocycles. The monoisotopic (exact) mass is 191 g/mol. The van der Waals surface area contributed by atoms with E-state index in [1.807, 2.05) is 0 Å². The first-order chi connectivity index (χ1) is 5.24. The summed E-state index contributed by atoms with van der Waals surface area (Å²) in [5.41, 5.74) is 0. The second kappa shape index (κ2) is 3.55. The van der Waals surface area contributed by atoms with E-state index in [9.17, 15) is 4.91 Å². The van der Waals surface area contributed by atoms with Crippen molar-refractivity contribution in [1.29, 1.82) is 0 Å². The van der Waals surface area contributed by atoms with Crippen LogP contribution in [0.5, 0.6) is 5.75 Å². The topological polar surface area (TPSA) is 38.7 Å². The van der Waals surface area contributed by atoms with Gasteiger partial charge in [-0.1, -0.05) is 23.2 Å². The van der Waals surface area contributed by atoms with Gasteiger partial charge in [0.2, 0.25) is 0 Å². The number of benzene rings is 1. The molecule has 0 aliphatic carbocycles. The van der Waals surface area contributed by atoms with Crippen molar-refractivity contribution >= 4 is 23.2 Å². The largest absolute Gasteiger partial charge is 0.322 e. The molecule has 0 unspecified atom stereocenters. The lowest BCUT2D eigenvalue weighted by molar-refractivity contribution is 0.335. The quantitative estimate of drug-likeness (QED) is 0.533. The summed E-state index contributed by atoms with van der Waals surface area (Å²) in [5.74, 6) is 0.200. The molecular formula is C6H3Cl2NO2. The number of nitrogens with zero attached hydrogens (tertiary/aromatic N) is 1. The van der Waals surface area contributed by atoms with Crippen LogP contribution in [0, 0.1) is 4.91 Å². The van der Waals surface area contributed by atoms with E-state index in [1.54, 1.807) is 6.07 Å². The molecule has 0 N–H and O–H groups in total. The average molecular weight is 192 g/mol. The van der Waals surface area contributed by atoms with Crippen molar-refractivity contribution in [2.45, 2.75) is 0 Å². The van der Waals surface area contributed by atoms with Crippen LogP contribution >= 0.6 is 23.2 Å². The molecule has 58 valence electrons. The molecule has 0 amide bonds. The molecule has 0 aromatic heterocycles. The Morgan fingerprint density at radius 2 is 2.09 bits per heavy atom. The standard InChI is InChI=1S/C6H3Cl2NO2/c7-4-1-2-6(11-9-10)5(8)3-4/h1-3H. The molecule has 0 aliphatic heterocycles. The van der Waals surface area contributed by atoms with E-state index in [0.29, 0.717) is 5.02 Å². The van der Waals surface area contributed by atoms with E-state index in [4.69, 9.17) is 23.2 Å². The van der Waals surface area contributed by atoms with Crippen LogP contribution in [0.4, 0.5) is 0 Å². The van der Waals surface area contributed by atoms with Crippen molar-refractivity contribution in [3.63, 3.8) is 0 Å². The van der Waals surface area contributed by atoms with Crippen molar-refractivity contribution in [2.24, 2.45) is 5.34 Å². The van der Waals surface area contributed by atoms with Crippen LogP contribution in [0.15, 0.2) is 23.5 Å². The molecule has 0 spiro atoms. The Hall–Kier alpha value is -0.800. The maximum absolute atomic E-state index is 9.65. The van der Waals surface area contributed by atoms with Crippen molar-refractivity contribution < 1.29 is 4.84 Å². The number of hydrogen-bond acceptors (Lipinski definition) is 3. The Bertz CT molecular complexity index is 277. The molecule has 0 heterocycles. The van der Waals surface area contributed by atoms with E-state index >= 15 is 0 Å². The highest BCUT2D eigenvalue weighted by Gasteiger charge is 2.01. The van der Waals surface area contributed by atoms with Crippen LogP contribution in [-0.4, -0.2) is 0 Å². The molecule has 3 nitrogen and oxygen atoms in total. The van der Waals surface area contributed by atoms with E-state index in [-0.39, 0.29) is 10.8 Å². The Morgan fingerprint density at radius 1 is 1.36 bits per heavy atom. The lowest BCUT2D eigenvalue weighted by Crippen LogP contribution is -1.80. The molecule has 0 saturated heterocycles. The van der Waals surface area contributed by atoms with Gasteiger partial charge in [-0.25, -0.2) is 0 Å². The van der Waals surface area contributed by atoms with Gasteiger partial charge in [0.05, 0.1) is 5.02 Å². The van der Waals surface area contributed by atoms with Gasteiger partial charge in [0, 0.05) is 5.02 Å². The SMILES string of the molecule is O=NOc1ccc(Cl)cc1Cl. The third-order valence-electron chi connectivity index (χ3n) is 1.03. The van der Waals surface area contributed by atoms with Crippen LogP contribution in [0.3, 0.4) is 0 Å². The Balaban J connectivity index is 2.98. The van der Waals surface area contributed by atoms with Crippen LogP contribution < -0.4 is 4.84 Å². The second-order valence-electron chi connectivity index (χ2n) is 1.74. The second-order valence-corrected chi connectivity index (χ2v) is 2.58.